The van der Waals surface area contributed by atoms with Gasteiger partial charge in [0.25, 0.3) is 0 Å². The second-order valence-corrected chi connectivity index (χ2v) is 16.4. The zero-order valence-corrected chi connectivity index (χ0v) is 28.3. The Morgan fingerprint density at radius 1 is 0.872 bits per heavy atom. The molecule has 6 bridgehead atoms. The van der Waals surface area contributed by atoms with Gasteiger partial charge in [-0.05, 0) is 94.5 Å². The summed E-state index contributed by atoms with van der Waals surface area (Å²) in [6, 6.07) is 0. The number of fused-ring (bicyclic) bond motifs is 2. The van der Waals surface area contributed by atoms with Crippen molar-refractivity contribution in [3.63, 3.8) is 0 Å². The molecule has 0 radical (unpaired) electrons. The molecule has 0 aromatic heterocycles. The van der Waals surface area contributed by atoms with Crippen molar-refractivity contribution in [2.24, 2.45) is 47.3 Å². The fourth-order valence-corrected chi connectivity index (χ4v) is 11.0. The number of carbonyl (C=O) groups excluding carboxylic acids is 2. The Hall–Kier alpha value is -1.60. The van der Waals surface area contributed by atoms with Crippen LogP contribution < -0.4 is 0 Å². The Morgan fingerprint density at radius 2 is 1.60 bits per heavy atom. The van der Waals surface area contributed by atoms with E-state index in [9.17, 15) is 9.59 Å². The molecule has 5 aliphatic carbocycles. The Balaban J connectivity index is 0.836. The third-order valence-electron chi connectivity index (χ3n) is 13.3. The van der Waals surface area contributed by atoms with Gasteiger partial charge in [0.1, 0.15) is 6.10 Å². The van der Waals surface area contributed by atoms with Gasteiger partial charge >= 0.3 is 11.9 Å². The second-order valence-electron chi connectivity index (χ2n) is 16.4. The van der Waals surface area contributed by atoms with Crippen molar-refractivity contribution in [2.45, 2.75) is 147 Å². The average molecular weight is 661 g/mol. The minimum atomic E-state index is -0.904. The summed E-state index contributed by atoms with van der Waals surface area (Å²) in [7, 11) is 0. The van der Waals surface area contributed by atoms with E-state index in [1.807, 2.05) is 20.8 Å². The molecular weight excluding hydrogens is 608 g/mol. The predicted molar refractivity (Wildman–Crippen MR) is 163 cm³/mol. The van der Waals surface area contributed by atoms with Gasteiger partial charge in [0.2, 0.25) is 17.9 Å². The number of ether oxygens (including phenoxy) is 5. The first-order chi connectivity index (χ1) is 22.5. The van der Waals surface area contributed by atoms with Crippen molar-refractivity contribution < 1.29 is 52.8 Å². The summed E-state index contributed by atoms with van der Waals surface area (Å²) in [6.45, 7) is 12.3. The smallest absolute Gasteiger partial charge is 0.308 e. The highest BCUT2D eigenvalue weighted by Gasteiger charge is 2.70. The molecule has 2 spiro atoms. The predicted octanol–water partition coefficient (Wildman–Crippen LogP) is 5.90. The van der Waals surface area contributed by atoms with Gasteiger partial charge in [-0.15, -0.1) is 0 Å². The van der Waals surface area contributed by atoms with Crippen molar-refractivity contribution >= 4 is 11.9 Å². The molecule has 5 aliphatic heterocycles. The molecule has 0 aromatic carbocycles. The molecule has 0 aromatic rings. The van der Waals surface area contributed by atoms with Crippen LogP contribution in [0.5, 0.6) is 0 Å². The molecule has 10 aliphatic rings. The molecule has 5 saturated heterocycles. The summed E-state index contributed by atoms with van der Waals surface area (Å²) in [4.78, 5) is 49.9. The molecule has 262 valence electrons. The monoisotopic (exact) mass is 660 g/mol. The van der Waals surface area contributed by atoms with Crippen LogP contribution in [0.4, 0.5) is 0 Å². The topological polar surface area (TPSA) is 117 Å². The average Bonchev–Trinajstić information content (AvgIpc) is 3.26. The molecular formula is C36H52O11. The van der Waals surface area contributed by atoms with E-state index in [1.54, 1.807) is 0 Å². The lowest BCUT2D eigenvalue weighted by Gasteiger charge is -2.61. The van der Waals surface area contributed by atoms with Crippen LogP contribution in [0.1, 0.15) is 105 Å². The molecule has 10 fully saturated rings. The number of hydrogen-bond donors (Lipinski definition) is 0. The molecule has 10 atom stereocenters. The first-order valence-electron chi connectivity index (χ1n) is 18.2. The minimum Gasteiger partial charge on any atom is -0.466 e. The van der Waals surface area contributed by atoms with E-state index >= 15 is 0 Å². The Bertz CT molecular complexity index is 1230. The van der Waals surface area contributed by atoms with E-state index in [1.165, 1.54) is 6.42 Å². The zero-order valence-electron chi connectivity index (χ0n) is 28.3. The number of esters is 2. The van der Waals surface area contributed by atoms with Crippen molar-refractivity contribution in [3.05, 3.63) is 12.2 Å². The first-order valence-corrected chi connectivity index (χ1v) is 18.2. The molecule has 11 heteroatoms. The highest BCUT2D eigenvalue weighted by atomic mass is 17.3. The lowest BCUT2D eigenvalue weighted by atomic mass is 9.53. The Morgan fingerprint density at radius 3 is 2.32 bits per heavy atom. The lowest BCUT2D eigenvalue weighted by molar-refractivity contribution is -0.576. The van der Waals surface area contributed by atoms with Gasteiger partial charge in [-0.1, -0.05) is 20.4 Å². The van der Waals surface area contributed by atoms with Crippen molar-refractivity contribution in [1.29, 1.82) is 0 Å². The number of carbonyl (C=O) groups is 2. The summed E-state index contributed by atoms with van der Waals surface area (Å²) in [6.07, 6.45) is 7.40. The summed E-state index contributed by atoms with van der Waals surface area (Å²) in [5, 5.41) is 0. The standard InChI is InChI=1S/C36H52O11/c1-19(2)31-28(42-36(47-44-31)24-15-22-14-23(17-24)18-25(36)16-22)11-13-39-29(37)8-9-30(38)40-32-21(4)27-7-6-20(3)26-10-12-34(5)43-33(41-32)35(26,27)46-45-34/h20-28,31-33H,1,6-18H2,2-5H3/t20-,21-,22?,23?,24?,25?,26+,27+,28?,31?,32-,33-,34-,35-,36?/m1/s1. The van der Waals surface area contributed by atoms with E-state index in [4.69, 9.17) is 43.2 Å². The normalized spacial score (nSPS) is 50.9. The maximum Gasteiger partial charge on any atom is 0.308 e. The molecule has 11 nitrogen and oxygen atoms in total. The van der Waals surface area contributed by atoms with Gasteiger partial charge in [-0.3, -0.25) is 9.59 Å². The van der Waals surface area contributed by atoms with Crippen LogP contribution in [0.25, 0.3) is 0 Å². The fourth-order valence-electron chi connectivity index (χ4n) is 11.0. The van der Waals surface area contributed by atoms with E-state index in [0.29, 0.717) is 30.6 Å². The Kier molecular flexibility index (Phi) is 8.34. The molecule has 47 heavy (non-hydrogen) atoms. The van der Waals surface area contributed by atoms with Gasteiger partial charge < -0.3 is 23.7 Å². The maximum absolute atomic E-state index is 13.0. The minimum absolute atomic E-state index is 0.0466. The van der Waals surface area contributed by atoms with Crippen molar-refractivity contribution in [2.75, 3.05) is 6.61 Å². The fraction of sp³-hybridized carbons (Fsp3) is 0.889. The van der Waals surface area contributed by atoms with Crippen LogP contribution in [0.2, 0.25) is 0 Å². The van der Waals surface area contributed by atoms with Crippen molar-refractivity contribution in [3.8, 4) is 0 Å². The molecule has 5 heterocycles. The van der Waals surface area contributed by atoms with Crippen LogP contribution in [-0.2, 0) is 52.8 Å². The van der Waals surface area contributed by atoms with E-state index in [0.717, 1.165) is 62.4 Å². The van der Waals surface area contributed by atoms with Crippen LogP contribution in [-0.4, -0.2) is 60.5 Å². The van der Waals surface area contributed by atoms with Gasteiger partial charge in [0.15, 0.2) is 11.9 Å². The summed E-state index contributed by atoms with van der Waals surface area (Å²) in [5.41, 5.74) is 0.0825. The van der Waals surface area contributed by atoms with Crippen LogP contribution in [0.3, 0.4) is 0 Å². The zero-order chi connectivity index (χ0) is 32.7. The number of rotatable bonds is 8. The van der Waals surface area contributed by atoms with Gasteiger partial charge in [0, 0.05) is 36.5 Å². The van der Waals surface area contributed by atoms with Gasteiger partial charge in [0.05, 0.1) is 25.6 Å². The highest BCUT2D eigenvalue weighted by Crippen LogP contribution is 2.62. The van der Waals surface area contributed by atoms with Gasteiger partial charge in [-0.25, -0.2) is 14.7 Å². The number of hydrogen-bond acceptors (Lipinski definition) is 11. The van der Waals surface area contributed by atoms with E-state index in [-0.39, 0.29) is 43.3 Å². The largest absolute Gasteiger partial charge is 0.466 e. The van der Waals surface area contributed by atoms with E-state index < -0.39 is 47.8 Å². The van der Waals surface area contributed by atoms with Gasteiger partial charge in [-0.2, -0.15) is 4.89 Å². The summed E-state index contributed by atoms with van der Waals surface area (Å²) >= 11 is 0. The molecule has 0 N–H and O–H groups in total. The third kappa shape index (κ3) is 5.42. The quantitative estimate of drug-likeness (QED) is 0.176. The van der Waals surface area contributed by atoms with Crippen LogP contribution in [0, 0.1) is 47.3 Å². The molecule has 0 amide bonds. The van der Waals surface area contributed by atoms with Crippen LogP contribution in [0.15, 0.2) is 12.2 Å². The summed E-state index contributed by atoms with van der Waals surface area (Å²) < 4.78 is 30.9. The first kappa shape index (κ1) is 32.6. The molecule has 2 unspecified atom stereocenters. The third-order valence-corrected chi connectivity index (χ3v) is 13.3. The summed E-state index contributed by atoms with van der Waals surface area (Å²) in [5.74, 6) is 0.185. The lowest BCUT2D eigenvalue weighted by Crippen LogP contribution is -2.70. The SMILES string of the molecule is C=C(C)C1OOC2(OC1CCOC(=O)CCC(=O)O[C@@H]1O[C@@H]3O[C@@]4(C)CC[C@H]5[C@H](C)CC[C@@H]([C@H]1C)[C@@]35OO4)C1CC3CC(C1)CC2C3. The van der Waals surface area contributed by atoms with E-state index in [2.05, 4.69) is 13.5 Å². The van der Waals surface area contributed by atoms with Crippen LogP contribution >= 0.6 is 0 Å². The second kappa shape index (κ2) is 12.0. The Labute approximate surface area is 277 Å². The molecule has 10 rings (SSSR count). The maximum atomic E-state index is 13.0. The molecule has 5 saturated carbocycles. The van der Waals surface area contributed by atoms with Crippen molar-refractivity contribution in [1.82, 2.24) is 0 Å². The highest BCUT2D eigenvalue weighted by molar-refractivity contribution is 5.77.